The lowest BCUT2D eigenvalue weighted by molar-refractivity contribution is -0.140. The topological polar surface area (TPSA) is 54.6 Å². The standard InChI is InChI=1S/C9H17N2O2/c1-9(2,7-8(12)13)11-5-3-10-4-6-11/h3-7H2,1-2H3,(H,12,13). The first kappa shape index (κ1) is 10.5. The van der Waals surface area contributed by atoms with Crippen molar-refractivity contribution >= 4 is 5.97 Å². The molecule has 13 heavy (non-hydrogen) atoms. The lowest BCUT2D eigenvalue weighted by Gasteiger charge is -2.39. The number of aliphatic carboxylic acids is 1. The molecule has 0 spiro atoms. The van der Waals surface area contributed by atoms with Crippen LogP contribution in [0.25, 0.3) is 0 Å². The van der Waals surface area contributed by atoms with E-state index in [1.165, 1.54) is 0 Å². The summed E-state index contributed by atoms with van der Waals surface area (Å²) in [5, 5.41) is 13.0. The van der Waals surface area contributed by atoms with E-state index < -0.39 is 5.97 Å². The van der Waals surface area contributed by atoms with E-state index >= 15 is 0 Å². The molecule has 1 aliphatic heterocycles. The Bertz CT molecular complexity index is 186. The van der Waals surface area contributed by atoms with Gasteiger partial charge in [0, 0.05) is 31.7 Å². The zero-order valence-electron chi connectivity index (χ0n) is 8.29. The average molecular weight is 185 g/mol. The average Bonchev–Trinajstić information content (AvgIpc) is 2.04. The highest BCUT2D eigenvalue weighted by molar-refractivity contribution is 5.68. The first-order valence-corrected chi connectivity index (χ1v) is 4.62. The van der Waals surface area contributed by atoms with Gasteiger partial charge in [0.2, 0.25) is 0 Å². The quantitative estimate of drug-likeness (QED) is 0.681. The first-order chi connectivity index (χ1) is 6.02. The number of carbonyl (C=O) groups is 1. The maximum atomic E-state index is 10.6. The number of carboxylic acids is 1. The summed E-state index contributed by atoms with van der Waals surface area (Å²) in [7, 11) is 0. The largest absolute Gasteiger partial charge is 0.481 e. The Hall–Kier alpha value is -0.610. The van der Waals surface area contributed by atoms with Crippen LogP contribution in [0.2, 0.25) is 0 Å². The summed E-state index contributed by atoms with van der Waals surface area (Å²) < 4.78 is 0. The number of nitrogens with zero attached hydrogens (tertiary/aromatic N) is 2. The van der Waals surface area contributed by atoms with Gasteiger partial charge in [0.1, 0.15) is 0 Å². The molecule has 0 aromatic heterocycles. The summed E-state index contributed by atoms with van der Waals surface area (Å²) in [6, 6.07) is 0. The normalized spacial score (nSPS) is 20.2. The van der Waals surface area contributed by atoms with E-state index in [9.17, 15) is 4.79 Å². The van der Waals surface area contributed by atoms with Crippen molar-refractivity contribution in [3.8, 4) is 0 Å². The number of rotatable bonds is 3. The summed E-state index contributed by atoms with van der Waals surface area (Å²) in [4.78, 5) is 12.8. The van der Waals surface area contributed by atoms with Crippen molar-refractivity contribution in [2.75, 3.05) is 26.2 Å². The molecule has 1 fully saturated rings. The Morgan fingerprint density at radius 1 is 1.46 bits per heavy atom. The molecular formula is C9H17N2O2. The predicted molar refractivity (Wildman–Crippen MR) is 49.8 cm³/mol. The summed E-state index contributed by atoms with van der Waals surface area (Å²) in [5.74, 6) is -0.729. The predicted octanol–water partition coefficient (Wildman–Crippen LogP) is 0.160. The molecule has 0 saturated carbocycles. The maximum Gasteiger partial charge on any atom is 0.305 e. The minimum Gasteiger partial charge on any atom is -0.481 e. The molecule has 1 heterocycles. The number of hydrogen-bond acceptors (Lipinski definition) is 2. The second-order valence-corrected chi connectivity index (χ2v) is 4.04. The molecule has 1 rings (SSSR count). The van der Waals surface area contributed by atoms with Crippen LogP contribution in [-0.4, -0.2) is 47.7 Å². The Morgan fingerprint density at radius 2 is 2.00 bits per heavy atom. The SMILES string of the molecule is CC(C)(CC(=O)O)N1CC[N]CC1. The Labute approximate surface area is 78.9 Å². The van der Waals surface area contributed by atoms with Crippen molar-refractivity contribution in [1.29, 1.82) is 0 Å². The maximum absolute atomic E-state index is 10.6. The van der Waals surface area contributed by atoms with Crippen molar-refractivity contribution in [1.82, 2.24) is 10.2 Å². The van der Waals surface area contributed by atoms with Crippen molar-refractivity contribution in [2.24, 2.45) is 0 Å². The van der Waals surface area contributed by atoms with Gasteiger partial charge in [-0.1, -0.05) is 0 Å². The van der Waals surface area contributed by atoms with Gasteiger partial charge in [-0.05, 0) is 13.8 Å². The molecule has 4 heteroatoms. The van der Waals surface area contributed by atoms with Crippen LogP contribution in [0.3, 0.4) is 0 Å². The molecule has 0 atom stereocenters. The van der Waals surface area contributed by atoms with E-state index in [2.05, 4.69) is 10.2 Å². The smallest absolute Gasteiger partial charge is 0.305 e. The number of hydrogen-bond donors (Lipinski definition) is 1. The molecule has 1 saturated heterocycles. The summed E-state index contributed by atoms with van der Waals surface area (Å²) in [6.45, 7) is 7.41. The van der Waals surface area contributed by atoms with Gasteiger partial charge in [0.05, 0.1) is 6.42 Å². The molecule has 4 nitrogen and oxygen atoms in total. The van der Waals surface area contributed by atoms with Crippen LogP contribution in [0.5, 0.6) is 0 Å². The van der Waals surface area contributed by atoms with Gasteiger partial charge < -0.3 is 5.11 Å². The molecule has 0 amide bonds. The second kappa shape index (κ2) is 4.07. The molecular weight excluding hydrogens is 168 g/mol. The Kier molecular flexibility index (Phi) is 3.27. The van der Waals surface area contributed by atoms with Crippen molar-refractivity contribution in [2.45, 2.75) is 25.8 Å². The Morgan fingerprint density at radius 3 is 2.46 bits per heavy atom. The third-order valence-electron chi connectivity index (χ3n) is 2.50. The highest BCUT2D eigenvalue weighted by atomic mass is 16.4. The highest BCUT2D eigenvalue weighted by Gasteiger charge is 2.30. The van der Waals surface area contributed by atoms with Crippen molar-refractivity contribution in [3.05, 3.63) is 0 Å². The highest BCUT2D eigenvalue weighted by Crippen LogP contribution is 2.19. The first-order valence-electron chi connectivity index (χ1n) is 4.62. The van der Waals surface area contributed by atoms with Crippen LogP contribution in [-0.2, 0) is 4.79 Å². The van der Waals surface area contributed by atoms with Gasteiger partial charge in [0.15, 0.2) is 0 Å². The summed E-state index contributed by atoms with van der Waals surface area (Å²) in [6.07, 6.45) is 0.201. The zero-order valence-corrected chi connectivity index (χ0v) is 8.29. The zero-order chi connectivity index (χ0) is 9.90. The molecule has 1 N–H and O–H groups in total. The van der Waals surface area contributed by atoms with Crippen LogP contribution in [0.1, 0.15) is 20.3 Å². The second-order valence-electron chi connectivity index (χ2n) is 4.04. The number of carboxylic acid groups (broad SMARTS) is 1. The fourth-order valence-corrected chi connectivity index (χ4v) is 1.69. The van der Waals surface area contributed by atoms with Gasteiger partial charge in [-0.2, -0.15) is 0 Å². The molecule has 0 aliphatic carbocycles. The van der Waals surface area contributed by atoms with Gasteiger partial charge in [-0.15, -0.1) is 0 Å². The minimum atomic E-state index is -0.729. The fraction of sp³-hybridized carbons (Fsp3) is 0.889. The van der Waals surface area contributed by atoms with Crippen LogP contribution in [0.4, 0.5) is 0 Å². The van der Waals surface area contributed by atoms with E-state index in [0.29, 0.717) is 0 Å². The monoisotopic (exact) mass is 185 g/mol. The van der Waals surface area contributed by atoms with E-state index in [-0.39, 0.29) is 12.0 Å². The van der Waals surface area contributed by atoms with Gasteiger partial charge >= 0.3 is 5.97 Å². The van der Waals surface area contributed by atoms with Crippen LogP contribution in [0, 0.1) is 0 Å². The molecule has 0 unspecified atom stereocenters. The van der Waals surface area contributed by atoms with E-state index in [4.69, 9.17) is 5.11 Å². The lowest BCUT2D eigenvalue weighted by Crippen LogP contribution is -2.52. The molecule has 75 valence electrons. The molecule has 0 aromatic carbocycles. The molecule has 0 bridgehead atoms. The third-order valence-corrected chi connectivity index (χ3v) is 2.50. The van der Waals surface area contributed by atoms with Crippen LogP contribution >= 0.6 is 0 Å². The van der Waals surface area contributed by atoms with Gasteiger partial charge in [-0.25, -0.2) is 5.32 Å². The molecule has 0 aromatic rings. The third kappa shape index (κ3) is 2.97. The fourth-order valence-electron chi connectivity index (χ4n) is 1.69. The van der Waals surface area contributed by atoms with Crippen LogP contribution < -0.4 is 5.32 Å². The van der Waals surface area contributed by atoms with Crippen molar-refractivity contribution in [3.63, 3.8) is 0 Å². The lowest BCUT2D eigenvalue weighted by atomic mass is 9.97. The van der Waals surface area contributed by atoms with Crippen molar-refractivity contribution < 1.29 is 9.90 Å². The molecule has 1 aliphatic rings. The summed E-state index contributed by atoms with van der Waals surface area (Å²) >= 11 is 0. The van der Waals surface area contributed by atoms with Gasteiger partial charge in [0.25, 0.3) is 0 Å². The van der Waals surface area contributed by atoms with E-state index in [0.717, 1.165) is 26.2 Å². The van der Waals surface area contributed by atoms with Gasteiger partial charge in [-0.3, -0.25) is 9.69 Å². The molecule has 1 radical (unpaired) electrons. The minimum absolute atomic E-state index is 0.201. The van der Waals surface area contributed by atoms with Crippen LogP contribution in [0.15, 0.2) is 0 Å². The Balaban J connectivity index is 2.50. The number of piperazine rings is 1. The summed E-state index contributed by atoms with van der Waals surface area (Å²) in [5.41, 5.74) is -0.234. The van der Waals surface area contributed by atoms with E-state index in [1.54, 1.807) is 0 Å². The van der Waals surface area contributed by atoms with E-state index in [1.807, 2.05) is 13.8 Å².